The van der Waals surface area contributed by atoms with Crippen molar-refractivity contribution >= 4 is 17.5 Å². The lowest BCUT2D eigenvalue weighted by Gasteiger charge is -2.25. The van der Waals surface area contributed by atoms with E-state index in [2.05, 4.69) is 15.5 Å². The van der Waals surface area contributed by atoms with Crippen molar-refractivity contribution in [3.05, 3.63) is 59.4 Å². The van der Waals surface area contributed by atoms with Gasteiger partial charge in [0.2, 0.25) is 17.8 Å². The molecular weight excluding hydrogens is 358 g/mol. The summed E-state index contributed by atoms with van der Waals surface area (Å²) in [5.74, 6) is 1.48. The van der Waals surface area contributed by atoms with Crippen molar-refractivity contribution in [3.63, 3.8) is 0 Å². The van der Waals surface area contributed by atoms with Crippen LogP contribution in [0.15, 0.2) is 53.1 Å². The van der Waals surface area contributed by atoms with Crippen LogP contribution in [0.3, 0.4) is 0 Å². The van der Waals surface area contributed by atoms with E-state index in [0.717, 1.165) is 0 Å². The molecule has 1 N–H and O–H groups in total. The van der Waals surface area contributed by atoms with Crippen LogP contribution in [0.25, 0.3) is 11.4 Å². The number of aromatic nitrogens is 2. The summed E-state index contributed by atoms with van der Waals surface area (Å²) in [4.78, 5) is 16.5. The van der Waals surface area contributed by atoms with Crippen molar-refractivity contribution in [3.8, 4) is 22.9 Å². The number of fused-ring (bicyclic) bond motifs is 1. The lowest BCUT2D eigenvalue weighted by molar-refractivity contribution is -0.130. The lowest BCUT2D eigenvalue weighted by Crippen LogP contribution is -2.43. The predicted octanol–water partition coefficient (Wildman–Crippen LogP) is 2.85. The molecule has 8 heteroatoms. The van der Waals surface area contributed by atoms with Gasteiger partial charge in [-0.3, -0.25) is 4.79 Å². The summed E-state index contributed by atoms with van der Waals surface area (Å²) in [6, 6.07) is 14.4. The van der Waals surface area contributed by atoms with E-state index in [1.165, 1.54) is 0 Å². The van der Waals surface area contributed by atoms with Crippen LogP contribution in [0, 0.1) is 0 Å². The van der Waals surface area contributed by atoms with E-state index in [9.17, 15) is 4.79 Å². The van der Waals surface area contributed by atoms with Crippen LogP contribution < -0.4 is 14.8 Å². The first-order valence-electron chi connectivity index (χ1n) is 7.94. The summed E-state index contributed by atoms with van der Waals surface area (Å²) >= 11 is 6.12. The SMILES string of the molecule is O=C(NCc1nc(-c2ccccc2Cl)no1)[C@@H]1COc2ccccc2O1. The van der Waals surface area contributed by atoms with E-state index in [4.69, 9.17) is 25.6 Å². The monoisotopic (exact) mass is 371 g/mol. The molecule has 1 aliphatic heterocycles. The van der Waals surface area contributed by atoms with Crippen molar-refractivity contribution in [1.29, 1.82) is 0 Å². The highest BCUT2D eigenvalue weighted by Gasteiger charge is 2.27. The van der Waals surface area contributed by atoms with Crippen LogP contribution in [-0.4, -0.2) is 28.8 Å². The number of ether oxygens (including phenoxy) is 2. The number of nitrogens with zero attached hydrogens (tertiary/aromatic N) is 2. The molecule has 1 aromatic heterocycles. The minimum atomic E-state index is -0.740. The van der Waals surface area contributed by atoms with Crippen molar-refractivity contribution in [2.75, 3.05) is 6.61 Å². The Morgan fingerprint density at radius 3 is 2.77 bits per heavy atom. The van der Waals surface area contributed by atoms with Crippen LogP contribution >= 0.6 is 11.6 Å². The van der Waals surface area contributed by atoms with Crippen LogP contribution in [0.2, 0.25) is 5.02 Å². The second kappa shape index (κ2) is 7.05. The molecule has 0 spiro atoms. The summed E-state index contributed by atoms with van der Waals surface area (Å²) in [6.45, 7) is 0.218. The Balaban J connectivity index is 1.38. The smallest absolute Gasteiger partial charge is 0.265 e. The Morgan fingerprint density at radius 1 is 1.15 bits per heavy atom. The number of carbonyl (C=O) groups is 1. The minimum Gasteiger partial charge on any atom is -0.485 e. The number of nitrogens with one attached hydrogen (secondary N) is 1. The van der Waals surface area contributed by atoms with Gasteiger partial charge in [-0.1, -0.05) is 41.0 Å². The van der Waals surface area contributed by atoms with E-state index < -0.39 is 6.10 Å². The van der Waals surface area contributed by atoms with Crippen molar-refractivity contribution in [1.82, 2.24) is 15.5 Å². The normalized spacial score (nSPS) is 15.5. The first-order valence-corrected chi connectivity index (χ1v) is 8.32. The largest absolute Gasteiger partial charge is 0.485 e. The molecule has 4 rings (SSSR count). The summed E-state index contributed by atoms with van der Waals surface area (Å²) in [5.41, 5.74) is 0.663. The maximum atomic E-state index is 12.3. The van der Waals surface area contributed by atoms with E-state index in [1.54, 1.807) is 24.3 Å². The van der Waals surface area contributed by atoms with Gasteiger partial charge in [0.1, 0.15) is 6.61 Å². The van der Waals surface area contributed by atoms with Crippen LogP contribution in [-0.2, 0) is 11.3 Å². The molecule has 3 aromatic rings. The first-order chi connectivity index (χ1) is 12.7. The molecule has 26 heavy (non-hydrogen) atoms. The maximum Gasteiger partial charge on any atom is 0.265 e. The van der Waals surface area contributed by atoms with Gasteiger partial charge in [0, 0.05) is 5.56 Å². The Bertz CT molecular complexity index is 943. The van der Waals surface area contributed by atoms with Gasteiger partial charge >= 0.3 is 0 Å². The highest BCUT2D eigenvalue weighted by Crippen LogP contribution is 2.31. The zero-order valence-corrected chi connectivity index (χ0v) is 14.3. The summed E-state index contributed by atoms with van der Waals surface area (Å²) in [7, 11) is 0. The summed E-state index contributed by atoms with van der Waals surface area (Å²) in [5, 5.41) is 7.12. The van der Waals surface area contributed by atoms with Crippen LogP contribution in [0.1, 0.15) is 5.89 Å². The number of carbonyl (C=O) groups excluding carboxylic acids is 1. The number of halogens is 1. The number of hydrogen-bond acceptors (Lipinski definition) is 6. The van der Waals surface area contributed by atoms with Gasteiger partial charge in [0.15, 0.2) is 11.5 Å². The summed E-state index contributed by atoms with van der Waals surface area (Å²) in [6.07, 6.45) is -0.740. The standard InChI is InChI=1S/C18H14ClN3O4/c19-12-6-2-1-5-11(12)17-21-16(26-22-17)9-20-18(23)15-10-24-13-7-3-4-8-14(13)25-15/h1-8,15H,9-10H2,(H,20,23)/t15-/m0/s1. The fourth-order valence-corrected chi connectivity index (χ4v) is 2.72. The molecule has 1 aliphatic rings. The zero-order chi connectivity index (χ0) is 17.9. The number of rotatable bonds is 4. The van der Waals surface area contributed by atoms with Gasteiger partial charge in [-0.2, -0.15) is 4.98 Å². The molecule has 0 bridgehead atoms. The second-order valence-corrected chi connectivity index (χ2v) is 5.98. The Labute approximate surface area is 153 Å². The Kier molecular flexibility index (Phi) is 4.45. The second-order valence-electron chi connectivity index (χ2n) is 5.57. The van der Waals surface area contributed by atoms with E-state index in [-0.39, 0.29) is 24.9 Å². The molecule has 2 aromatic carbocycles. The first kappa shape index (κ1) is 16.4. The average Bonchev–Trinajstić information content (AvgIpc) is 3.15. The Morgan fingerprint density at radius 2 is 1.92 bits per heavy atom. The van der Waals surface area contributed by atoms with Crippen molar-refractivity contribution in [2.45, 2.75) is 12.6 Å². The number of hydrogen-bond donors (Lipinski definition) is 1. The molecule has 2 heterocycles. The molecule has 0 fully saturated rings. The fraction of sp³-hybridized carbons (Fsp3) is 0.167. The predicted molar refractivity (Wildman–Crippen MR) is 92.9 cm³/mol. The molecule has 0 radical (unpaired) electrons. The summed E-state index contributed by atoms with van der Waals surface area (Å²) < 4.78 is 16.3. The molecule has 0 unspecified atom stereocenters. The number of para-hydroxylation sites is 2. The van der Waals surface area contributed by atoms with Gasteiger partial charge in [0.25, 0.3) is 5.91 Å². The average molecular weight is 372 g/mol. The molecule has 1 amide bonds. The van der Waals surface area contributed by atoms with E-state index >= 15 is 0 Å². The van der Waals surface area contributed by atoms with Gasteiger partial charge < -0.3 is 19.3 Å². The molecule has 1 atom stereocenters. The topological polar surface area (TPSA) is 86.5 Å². The van der Waals surface area contributed by atoms with Crippen molar-refractivity contribution in [2.24, 2.45) is 0 Å². The fourth-order valence-electron chi connectivity index (χ4n) is 2.50. The maximum absolute atomic E-state index is 12.3. The molecule has 0 saturated carbocycles. The lowest BCUT2D eigenvalue weighted by atomic mass is 10.2. The van der Waals surface area contributed by atoms with Gasteiger partial charge in [-0.05, 0) is 24.3 Å². The third-order valence-corrected chi connectivity index (χ3v) is 4.13. The molecule has 0 aliphatic carbocycles. The zero-order valence-electron chi connectivity index (χ0n) is 13.5. The van der Waals surface area contributed by atoms with Crippen LogP contribution in [0.5, 0.6) is 11.5 Å². The highest BCUT2D eigenvalue weighted by atomic mass is 35.5. The van der Waals surface area contributed by atoms with Gasteiger partial charge in [-0.25, -0.2) is 0 Å². The van der Waals surface area contributed by atoms with E-state index in [1.807, 2.05) is 24.3 Å². The minimum absolute atomic E-state index is 0.0811. The third-order valence-electron chi connectivity index (χ3n) is 3.80. The van der Waals surface area contributed by atoms with Gasteiger partial charge in [0.05, 0.1) is 11.6 Å². The molecular formula is C18H14ClN3O4. The Hall–Kier alpha value is -3.06. The number of benzene rings is 2. The van der Waals surface area contributed by atoms with Crippen LogP contribution in [0.4, 0.5) is 0 Å². The van der Waals surface area contributed by atoms with Crippen molar-refractivity contribution < 1.29 is 18.8 Å². The molecule has 0 saturated heterocycles. The quantitative estimate of drug-likeness (QED) is 0.759. The number of amides is 1. The molecule has 132 valence electrons. The van der Waals surface area contributed by atoms with Gasteiger partial charge in [-0.15, -0.1) is 0 Å². The van der Waals surface area contributed by atoms with E-state index in [0.29, 0.717) is 27.9 Å². The molecule has 7 nitrogen and oxygen atoms in total. The third kappa shape index (κ3) is 3.34. The highest BCUT2D eigenvalue weighted by molar-refractivity contribution is 6.33.